The summed E-state index contributed by atoms with van der Waals surface area (Å²) in [6.07, 6.45) is 28.6. The quantitative estimate of drug-likeness (QED) is 0.297. The van der Waals surface area contributed by atoms with E-state index in [1.807, 2.05) is 0 Å². The summed E-state index contributed by atoms with van der Waals surface area (Å²) in [7, 11) is 0. The Morgan fingerprint density at radius 2 is 1.88 bits per heavy atom. The van der Waals surface area contributed by atoms with Gasteiger partial charge in [-0.25, -0.2) is 0 Å². The molecule has 132 valence electrons. The van der Waals surface area contributed by atoms with Crippen LogP contribution < -0.4 is 0 Å². The molecule has 0 aliphatic heterocycles. The molecular weight excluding hydrogens is 415 g/mol. The molecule has 0 N–H and O–H groups in total. The minimum Gasteiger partial charge on any atom is -0.0879 e. The summed E-state index contributed by atoms with van der Waals surface area (Å²) in [5.74, 6) is 4.85. The number of fused-ring (bicyclic) bond motifs is 4. The zero-order valence-corrected chi connectivity index (χ0v) is 17.2. The molecule has 5 unspecified atom stereocenters. The van der Waals surface area contributed by atoms with Crippen molar-refractivity contribution in [3.63, 3.8) is 0 Å². The Labute approximate surface area is 166 Å². The Hall–Kier alpha value is -0.570. The van der Waals surface area contributed by atoms with E-state index in [2.05, 4.69) is 65.1 Å². The minimum absolute atomic E-state index is 0.689. The fraction of sp³-hybridized carbons (Fsp3) is 0.583. The third-order valence-corrected chi connectivity index (χ3v) is 8.43. The molecule has 0 radical (unpaired) electrons. The van der Waals surface area contributed by atoms with Crippen molar-refractivity contribution in [1.82, 2.24) is 0 Å². The third-order valence-electron chi connectivity index (χ3n) is 7.53. The predicted molar refractivity (Wildman–Crippen MR) is 114 cm³/mol. The van der Waals surface area contributed by atoms with Gasteiger partial charge in [-0.05, 0) is 101 Å². The maximum absolute atomic E-state index is 2.59. The third kappa shape index (κ3) is 3.15. The molecule has 1 heteroatoms. The molecule has 1 saturated carbocycles. The van der Waals surface area contributed by atoms with Crippen LogP contribution in [0.5, 0.6) is 0 Å². The molecule has 0 saturated heterocycles. The van der Waals surface area contributed by atoms with Crippen molar-refractivity contribution < 1.29 is 0 Å². The average Bonchev–Trinajstić information content (AvgIpc) is 2.67. The first-order chi connectivity index (χ1) is 12.3. The topological polar surface area (TPSA) is 0 Å². The van der Waals surface area contributed by atoms with E-state index in [0.717, 1.165) is 23.7 Å². The molecule has 0 aromatic carbocycles. The second-order valence-corrected chi connectivity index (χ2v) is 10.3. The summed E-state index contributed by atoms with van der Waals surface area (Å²) in [4.78, 5) is 0. The molecule has 5 rings (SSSR count). The van der Waals surface area contributed by atoms with Crippen molar-refractivity contribution >= 4 is 22.6 Å². The van der Waals surface area contributed by atoms with Crippen LogP contribution in [0.2, 0.25) is 0 Å². The number of allylic oxidation sites excluding steroid dienone is 10. The maximum Gasteiger partial charge on any atom is 0.00488 e. The summed E-state index contributed by atoms with van der Waals surface area (Å²) in [6.45, 7) is 0. The zero-order valence-electron chi connectivity index (χ0n) is 15.0. The summed E-state index contributed by atoms with van der Waals surface area (Å²) in [5.41, 5.74) is 3.47. The molecule has 0 aromatic heterocycles. The first-order valence-corrected chi connectivity index (χ1v) is 11.5. The Balaban J connectivity index is 1.34. The van der Waals surface area contributed by atoms with E-state index in [1.54, 1.807) is 14.7 Å². The molecule has 0 nitrogen and oxygen atoms in total. The van der Waals surface area contributed by atoms with Crippen molar-refractivity contribution in [3.8, 4) is 0 Å². The Bertz CT molecular complexity index is 689. The lowest BCUT2D eigenvalue weighted by molar-refractivity contribution is 0.211. The largest absolute Gasteiger partial charge is 0.0879 e. The average molecular weight is 444 g/mol. The second kappa shape index (κ2) is 6.87. The van der Waals surface area contributed by atoms with Gasteiger partial charge in [-0.15, -0.1) is 0 Å². The Morgan fingerprint density at radius 1 is 0.920 bits per heavy atom. The van der Waals surface area contributed by atoms with Crippen molar-refractivity contribution in [3.05, 3.63) is 57.3 Å². The van der Waals surface area contributed by atoms with Crippen molar-refractivity contribution in [2.24, 2.45) is 35.5 Å². The van der Waals surface area contributed by atoms with E-state index in [9.17, 15) is 0 Å². The van der Waals surface area contributed by atoms with Crippen LogP contribution in [0.3, 0.4) is 0 Å². The van der Waals surface area contributed by atoms with Gasteiger partial charge in [-0.1, -0.05) is 53.7 Å². The molecular formula is C24H29I. The van der Waals surface area contributed by atoms with Gasteiger partial charge in [0.05, 0.1) is 0 Å². The SMILES string of the molecule is IC1=CC2CCC(C3=CC=C4C(C=C[C@H]5CCC=CC45)C3)CC2CC1. The van der Waals surface area contributed by atoms with Gasteiger partial charge in [0.1, 0.15) is 0 Å². The smallest absolute Gasteiger partial charge is 0.00488 e. The molecule has 5 aliphatic carbocycles. The van der Waals surface area contributed by atoms with E-state index < -0.39 is 0 Å². The number of rotatable bonds is 1. The van der Waals surface area contributed by atoms with Crippen LogP contribution in [0.4, 0.5) is 0 Å². The van der Waals surface area contributed by atoms with Gasteiger partial charge in [0.25, 0.3) is 0 Å². The minimum atomic E-state index is 0.689. The highest BCUT2D eigenvalue weighted by Gasteiger charge is 2.36. The fourth-order valence-electron chi connectivity index (χ4n) is 6.13. The van der Waals surface area contributed by atoms with Gasteiger partial charge < -0.3 is 0 Å². The Morgan fingerprint density at radius 3 is 2.84 bits per heavy atom. The molecule has 1 fully saturated rings. The number of hydrogen-bond donors (Lipinski definition) is 0. The second-order valence-electron chi connectivity index (χ2n) is 8.89. The van der Waals surface area contributed by atoms with E-state index >= 15 is 0 Å². The van der Waals surface area contributed by atoms with Crippen LogP contribution in [-0.4, -0.2) is 0 Å². The monoisotopic (exact) mass is 444 g/mol. The van der Waals surface area contributed by atoms with E-state index in [-0.39, 0.29) is 0 Å². The van der Waals surface area contributed by atoms with Gasteiger partial charge in [-0.2, -0.15) is 0 Å². The van der Waals surface area contributed by atoms with Gasteiger partial charge >= 0.3 is 0 Å². The zero-order chi connectivity index (χ0) is 16.8. The highest BCUT2D eigenvalue weighted by molar-refractivity contribution is 14.1. The van der Waals surface area contributed by atoms with Crippen molar-refractivity contribution in [1.29, 1.82) is 0 Å². The lowest BCUT2D eigenvalue weighted by Gasteiger charge is -2.41. The van der Waals surface area contributed by atoms with Crippen LogP contribution >= 0.6 is 22.6 Å². The molecule has 6 atom stereocenters. The van der Waals surface area contributed by atoms with Crippen LogP contribution in [0.1, 0.15) is 51.4 Å². The van der Waals surface area contributed by atoms with E-state index in [4.69, 9.17) is 0 Å². The van der Waals surface area contributed by atoms with Gasteiger partial charge in [0, 0.05) is 11.8 Å². The van der Waals surface area contributed by atoms with E-state index in [0.29, 0.717) is 11.8 Å². The van der Waals surface area contributed by atoms with Crippen LogP contribution in [-0.2, 0) is 0 Å². The van der Waals surface area contributed by atoms with Crippen molar-refractivity contribution in [2.45, 2.75) is 51.4 Å². The lowest BCUT2D eigenvalue weighted by atomic mass is 9.64. The van der Waals surface area contributed by atoms with Crippen LogP contribution in [0.15, 0.2) is 57.3 Å². The van der Waals surface area contributed by atoms with Crippen LogP contribution in [0, 0.1) is 35.5 Å². The van der Waals surface area contributed by atoms with E-state index in [1.165, 1.54) is 51.4 Å². The number of halogens is 1. The molecule has 0 bridgehead atoms. The summed E-state index contributed by atoms with van der Waals surface area (Å²) < 4.78 is 1.61. The van der Waals surface area contributed by atoms with Crippen LogP contribution in [0.25, 0.3) is 0 Å². The standard InChI is InChI=1S/C24H29I/c25-22-11-9-18-13-17(6-7-20(18)15-22)19-10-12-24-21(14-19)8-5-16-3-1-2-4-23(16)24/h2,4-5,8,10,12,15-18,20-21,23H,1,3,6-7,9,11,13-14H2/t16-,17?,18?,20?,21?,23?/m1/s1. The summed E-state index contributed by atoms with van der Waals surface area (Å²) >= 11 is 2.56. The van der Waals surface area contributed by atoms with Gasteiger partial charge in [0.15, 0.2) is 0 Å². The molecule has 0 heterocycles. The summed E-state index contributed by atoms with van der Waals surface area (Å²) in [5, 5.41) is 0. The predicted octanol–water partition coefficient (Wildman–Crippen LogP) is 7.16. The number of hydrogen-bond acceptors (Lipinski definition) is 0. The van der Waals surface area contributed by atoms with Gasteiger partial charge in [-0.3, -0.25) is 0 Å². The fourth-order valence-corrected chi connectivity index (χ4v) is 6.90. The highest BCUT2D eigenvalue weighted by Crippen LogP contribution is 2.49. The maximum atomic E-state index is 2.59. The molecule has 5 aliphatic rings. The highest BCUT2D eigenvalue weighted by atomic mass is 127. The lowest BCUT2D eigenvalue weighted by Crippen LogP contribution is -2.30. The summed E-state index contributed by atoms with van der Waals surface area (Å²) in [6, 6.07) is 0. The molecule has 0 spiro atoms. The normalized spacial score (nSPS) is 42.5. The molecule has 0 aromatic rings. The first-order valence-electron chi connectivity index (χ1n) is 10.4. The Kier molecular flexibility index (Phi) is 4.56. The van der Waals surface area contributed by atoms with Crippen molar-refractivity contribution in [2.75, 3.05) is 0 Å². The first kappa shape index (κ1) is 16.6. The molecule has 0 amide bonds. The van der Waals surface area contributed by atoms with Gasteiger partial charge in [0.2, 0.25) is 0 Å². The molecule has 25 heavy (non-hydrogen) atoms.